The normalized spacial score (nSPS) is 10.2. The molecule has 0 saturated carbocycles. The molecule has 0 atom stereocenters. The molecule has 3 rings (SSSR count). The highest BCUT2D eigenvalue weighted by Gasteiger charge is 2.10. The second-order valence-corrected chi connectivity index (χ2v) is 5.40. The zero-order chi connectivity index (χ0) is 18.2. The lowest BCUT2D eigenvalue weighted by molar-refractivity contribution is 0.0512. The summed E-state index contributed by atoms with van der Waals surface area (Å²) in [7, 11) is 0. The first-order chi connectivity index (χ1) is 12.7. The molecule has 0 radical (unpaired) electrons. The minimum Gasteiger partial charge on any atom is -0.460 e. The van der Waals surface area contributed by atoms with E-state index in [1.54, 1.807) is 13.0 Å². The third-order valence-electron chi connectivity index (χ3n) is 3.46. The maximum Gasteiger partial charge on any atom is 0.376 e. The van der Waals surface area contributed by atoms with Gasteiger partial charge in [-0.05, 0) is 42.8 Å². The molecule has 6 heteroatoms. The second-order valence-electron chi connectivity index (χ2n) is 5.40. The summed E-state index contributed by atoms with van der Waals surface area (Å²) in [5.74, 6) is 1.60. The number of carbonyl (C=O) groups is 1. The number of esters is 1. The molecule has 1 N–H and O–H groups in total. The summed E-state index contributed by atoms with van der Waals surface area (Å²) in [5, 5.41) is 3.17. The fourth-order valence-electron chi connectivity index (χ4n) is 2.29. The first-order valence-electron chi connectivity index (χ1n) is 8.30. The molecule has 0 saturated heterocycles. The standard InChI is InChI=1S/C20H19N3O3/c1-2-25-20(24)19-21-12-11-18(23-19)22-14-15-7-6-10-17(13-15)26-16-8-4-3-5-9-16/h3-13H,2,14H2,1H3,(H,21,22,23). The van der Waals surface area contributed by atoms with Gasteiger partial charge in [-0.15, -0.1) is 0 Å². The maximum absolute atomic E-state index is 11.7. The van der Waals surface area contributed by atoms with Gasteiger partial charge in [0.1, 0.15) is 17.3 Å². The number of ether oxygens (including phenoxy) is 2. The van der Waals surface area contributed by atoms with E-state index in [9.17, 15) is 4.79 Å². The molecule has 0 spiro atoms. The predicted octanol–water partition coefficient (Wildman–Crippen LogP) is 4.06. The molecule has 132 valence electrons. The van der Waals surface area contributed by atoms with Crippen LogP contribution in [0, 0.1) is 0 Å². The number of aromatic nitrogens is 2. The third kappa shape index (κ3) is 4.80. The molecular weight excluding hydrogens is 330 g/mol. The van der Waals surface area contributed by atoms with Crippen molar-refractivity contribution in [3.05, 3.63) is 78.2 Å². The predicted molar refractivity (Wildman–Crippen MR) is 98.3 cm³/mol. The zero-order valence-electron chi connectivity index (χ0n) is 14.4. The quantitative estimate of drug-likeness (QED) is 0.649. The van der Waals surface area contributed by atoms with Gasteiger partial charge in [0.2, 0.25) is 5.82 Å². The fourth-order valence-corrected chi connectivity index (χ4v) is 2.29. The molecule has 0 fully saturated rings. The number of nitrogens with one attached hydrogen (secondary N) is 1. The zero-order valence-corrected chi connectivity index (χ0v) is 14.4. The number of benzene rings is 2. The largest absolute Gasteiger partial charge is 0.460 e. The Balaban J connectivity index is 1.64. The number of para-hydroxylation sites is 1. The van der Waals surface area contributed by atoms with Gasteiger partial charge in [-0.1, -0.05) is 30.3 Å². The van der Waals surface area contributed by atoms with E-state index >= 15 is 0 Å². The monoisotopic (exact) mass is 349 g/mol. The Bertz CT molecular complexity index is 869. The van der Waals surface area contributed by atoms with E-state index in [2.05, 4.69) is 15.3 Å². The first-order valence-corrected chi connectivity index (χ1v) is 8.30. The van der Waals surface area contributed by atoms with Crippen molar-refractivity contribution in [3.8, 4) is 11.5 Å². The van der Waals surface area contributed by atoms with Crippen LogP contribution in [0.1, 0.15) is 23.1 Å². The van der Waals surface area contributed by atoms with E-state index in [1.807, 2.05) is 54.6 Å². The summed E-state index contributed by atoms with van der Waals surface area (Å²) in [6.45, 7) is 2.56. The lowest BCUT2D eigenvalue weighted by Gasteiger charge is -2.09. The number of rotatable bonds is 7. The van der Waals surface area contributed by atoms with E-state index in [0.29, 0.717) is 12.4 Å². The van der Waals surface area contributed by atoms with Crippen LogP contribution in [0.25, 0.3) is 0 Å². The molecule has 6 nitrogen and oxygen atoms in total. The van der Waals surface area contributed by atoms with Crippen LogP contribution in [0.3, 0.4) is 0 Å². The summed E-state index contributed by atoms with van der Waals surface area (Å²) < 4.78 is 10.7. The number of hydrogen-bond acceptors (Lipinski definition) is 6. The van der Waals surface area contributed by atoms with Crippen molar-refractivity contribution < 1.29 is 14.3 Å². The molecule has 0 amide bonds. The minimum absolute atomic E-state index is 0.0398. The molecule has 3 aromatic rings. The average Bonchev–Trinajstić information content (AvgIpc) is 2.68. The first kappa shape index (κ1) is 17.4. The lowest BCUT2D eigenvalue weighted by atomic mass is 10.2. The second kappa shape index (κ2) is 8.62. The summed E-state index contributed by atoms with van der Waals surface area (Å²) in [5.41, 5.74) is 1.02. The smallest absolute Gasteiger partial charge is 0.376 e. The van der Waals surface area contributed by atoms with Gasteiger partial charge in [0.15, 0.2) is 0 Å². The van der Waals surface area contributed by atoms with Gasteiger partial charge in [-0.3, -0.25) is 0 Å². The highest BCUT2D eigenvalue weighted by Crippen LogP contribution is 2.22. The van der Waals surface area contributed by atoms with E-state index < -0.39 is 5.97 Å². The number of nitrogens with zero attached hydrogens (tertiary/aromatic N) is 2. The van der Waals surface area contributed by atoms with Crippen molar-refractivity contribution in [3.63, 3.8) is 0 Å². The molecule has 0 aliphatic heterocycles. The molecule has 0 aliphatic carbocycles. The van der Waals surface area contributed by atoms with Crippen molar-refractivity contribution in [2.24, 2.45) is 0 Å². The molecule has 0 bridgehead atoms. The summed E-state index contributed by atoms with van der Waals surface area (Å²) in [4.78, 5) is 19.8. The van der Waals surface area contributed by atoms with Gasteiger partial charge in [0, 0.05) is 12.7 Å². The van der Waals surface area contributed by atoms with Crippen LogP contribution in [0.4, 0.5) is 5.82 Å². The van der Waals surface area contributed by atoms with Gasteiger partial charge in [0.05, 0.1) is 6.61 Å². The van der Waals surface area contributed by atoms with Gasteiger partial charge in [-0.2, -0.15) is 0 Å². The van der Waals surface area contributed by atoms with Crippen LogP contribution < -0.4 is 10.1 Å². The molecule has 26 heavy (non-hydrogen) atoms. The van der Waals surface area contributed by atoms with Gasteiger partial charge in [-0.25, -0.2) is 14.8 Å². The molecular formula is C20H19N3O3. The molecule has 1 aromatic heterocycles. The van der Waals surface area contributed by atoms with Crippen LogP contribution in [0.15, 0.2) is 66.9 Å². The number of carbonyl (C=O) groups excluding carboxylic acids is 1. The minimum atomic E-state index is -0.533. The van der Waals surface area contributed by atoms with E-state index in [4.69, 9.17) is 9.47 Å². The Kier molecular flexibility index (Phi) is 5.77. The van der Waals surface area contributed by atoms with Crippen molar-refractivity contribution in [1.82, 2.24) is 9.97 Å². The van der Waals surface area contributed by atoms with Crippen LogP contribution >= 0.6 is 0 Å². The summed E-state index contributed by atoms with van der Waals surface area (Å²) in [6, 6.07) is 19.1. The molecule has 2 aromatic carbocycles. The number of anilines is 1. The van der Waals surface area contributed by atoms with Crippen LogP contribution in [-0.4, -0.2) is 22.5 Å². The van der Waals surface area contributed by atoms with Crippen LogP contribution in [0.2, 0.25) is 0 Å². The van der Waals surface area contributed by atoms with Crippen molar-refractivity contribution in [2.75, 3.05) is 11.9 Å². The average molecular weight is 349 g/mol. The molecule has 0 aliphatic rings. The SMILES string of the molecule is CCOC(=O)c1nccc(NCc2cccc(Oc3ccccc3)c2)n1. The summed E-state index contributed by atoms with van der Waals surface area (Å²) in [6.07, 6.45) is 1.52. The molecule has 1 heterocycles. The van der Waals surface area contributed by atoms with Crippen LogP contribution in [-0.2, 0) is 11.3 Å². The third-order valence-corrected chi connectivity index (χ3v) is 3.46. The summed E-state index contributed by atoms with van der Waals surface area (Å²) >= 11 is 0. The fraction of sp³-hybridized carbons (Fsp3) is 0.150. The Hall–Kier alpha value is -3.41. The van der Waals surface area contributed by atoms with Gasteiger partial charge in [0.25, 0.3) is 0 Å². The Morgan fingerprint density at radius 1 is 1.04 bits per heavy atom. The maximum atomic E-state index is 11.7. The van der Waals surface area contributed by atoms with Crippen LogP contribution in [0.5, 0.6) is 11.5 Å². The van der Waals surface area contributed by atoms with Crippen molar-refractivity contribution in [2.45, 2.75) is 13.5 Å². The highest BCUT2D eigenvalue weighted by atomic mass is 16.5. The van der Waals surface area contributed by atoms with E-state index in [-0.39, 0.29) is 12.4 Å². The van der Waals surface area contributed by atoms with Gasteiger partial charge < -0.3 is 14.8 Å². The van der Waals surface area contributed by atoms with E-state index in [1.165, 1.54) is 6.20 Å². The Morgan fingerprint density at radius 2 is 1.85 bits per heavy atom. The Morgan fingerprint density at radius 3 is 2.65 bits per heavy atom. The van der Waals surface area contributed by atoms with Gasteiger partial charge >= 0.3 is 5.97 Å². The topological polar surface area (TPSA) is 73.3 Å². The Labute approximate surface area is 151 Å². The molecule has 0 unspecified atom stereocenters. The van der Waals surface area contributed by atoms with Crippen molar-refractivity contribution >= 4 is 11.8 Å². The highest BCUT2D eigenvalue weighted by molar-refractivity contribution is 5.85. The van der Waals surface area contributed by atoms with E-state index in [0.717, 1.165) is 17.1 Å². The van der Waals surface area contributed by atoms with Crippen molar-refractivity contribution in [1.29, 1.82) is 0 Å². The number of hydrogen-bond donors (Lipinski definition) is 1. The lowest BCUT2D eigenvalue weighted by Crippen LogP contribution is -2.11.